The quantitative estimate of drug-likeness (QED) is 0.892. The lowest BCUT2D eigenvalue weighted by atomic mass is 10.3. The second kappa shape index (κ2) is 7.31. The van der Waals surface area contributed by atoms with E-state index in [2.05, 4.69) is 5.32 Å². The average Bonchev–Trinajstić information content (AvgIpc) is 2.46. The van der Waals surface area contributed by atoms with Crippen molar-refractivity contribution in [2.24, 2.45) is 0 Å². The van der Waals surface area contributed by atoms with Gasteiger partial charge in [0.1, 0.15) is 16.4 Å². The molecule has 120 valence electrons. The first-order valence-electron chi connectivity index (χ1n) is 6.45. The standard InChI is InChI=1S/C13H20N2O4S.ClH/c1-10-9-14-6-7-15(10)20(16,17)13-8-11(18-2)4-5-12(13)19-3;/h4-5,8,10,14H,6-7,9H2,1-3H3;1H. The maximum absolute atomic E-state index is 12.8. The SMILES string of the molecule is COc1ccc(OC)c(S(=O)(=O)N2CCNCC2C)c1.Cl. The van der Waals surface area contributed by atoms with E-state index in [1.54, 1.807) is 12.1 Å². The average molecular weight is 337 g/mol. The zero-order valence-electron chi connectivity index (χ0n) is 12.3. The number of hydrogen-bond acceptors (Lipinski definition) is 5. The highest BCUT2D eigenvalue weighted by Gasteiger charge is 2.33. The molecule has 8 heteroatoms. The van der Waals surface area contributed by atoms with Crippen LogP contribution in [0.1, 0.15) is 6.92 Å². The fourth-order valence-corrected chi connectivity index (χ4v) is 4.09. The van der Waals surface area contributed by atoms with Gasteiger partial charge in [0.2, 0.25) is 10.0 Å². The second-order valence-electron chi connectivity index (χ2n) is 4.69. The van der Waals surface area contributed by atoms with Crippen molar-refractivity contribution in [2.75, 3.05) is 33.9 Å². The van der Waals surface area contributed by atoms with Gasteiger partial charge < -0.3 is 14.8 Å². The molecule has 1 N–H and O–H groups in total. The number of piperazine rings is 1. The lowest BCUT2D eigenvalue weighted by Gasteiger charge is -2.33. The fraction of sp³-hybridized carbons (Fsp3) is 0.538. The highest BCUT2D eigenvalue weighted by atomic mass is 35.5. The summed E-state index contributed by atoms with van der Waals surface area (Å²) in [6.07, 6.45) is 0. The predicted octanol–water partition coefficient (Wildman–Crippen LogP) is 1.11. The summed E-state index contributed by atoms with van der Waals surface area (Å²) in [5.74, 6) is 0.823. The van der Waals surface area contributed by atoms with Crippen LogP contribution < -0.4 is 14.8 Å². The third kappa shape index (κ3) is 3.60. The molecule has 1 aromatic rings. The summed E-state index contributed by atoms with van der Waals surface area (Å²) in [4.78, 5) is 0.146. The Balaban J connectivity index is 0.00000220. The second-order valence-corrected chi connectivity index (χ2v) is 6.54. The highest BCUT2D eigenvalue weighted by molar-refractivity contribution is 7.89. The van der Waals surface area contributed by atoms with Crippen LogP contribution in [-0.4, -0.2) is 52.6 Å². The first-order valence-corrected chi connectivity index (χ1v) is 7.89. The number of nitrogens with one attached hydrogen (secondary N) is 1. The van der Waals surface area contributed by atoms with E-state index in [9.17, 15) is 8.42 Å². The van der Waals surface area contributed by atoms with Crippen LogP contribution in [0.2, 0.25) is 0 Å². The fourth-order valence-electron chi connectivity index (χ4n) is 2.29. The number of rotatable bonds is 4. The summed E-state index contributed by atoms with van der Waals surface area (Å²) in [7, 11) is -0.632. The minimum Gasteiger partial charge on any atom is -0.497 e. The van der Waals surface area contributed by atoms with Gasteiger partial charge >= 0.3 is 0 Å². The van der Waals surface area contributed by atoms with Gasteiger partial charge in [0.15, 0.2) is 0 Å². The molecule has 0 aliphatic carbocycles. The van der Waals surface area contributed by atoms with Crippen LogP contribution >= 0.6 is 12.4 Å². The summed E-state index contributed by atoms with van der Waals surface area (Å²) in [5.41, 5.74) is 0. The van der Waals surface area contributed by atoms with Crippen molar-refractivity contribution in [3.05, 3.63) is 18.2 Å². The maximum Gasteiger partial charge on any atom is 0.247 e. The monoisotopic (exact) mass is 336 g/mol. The summed E-state index contributed by atoms with van der Waals surface area (Å²) < 4.78 is 37.4. The third-order valence-electron chi connectivity index (χ3n) is 3.40. The van der Waals surface area contributed by atoms with Crippen molar-refractivity contribution < 1.29 is 17.9 Å². The molecule has 1 atom stereocenters. The van der Waals surface area contributed by atoms with Crippen molar-refractivity contribution in [1.82, 2.24) is 9.62 Å². The number of benzene rings is 1. The Bertz CT molecular complexity index is 580. The van der Waals surface area contributed by atoms with Crippen molar-refractivity contribution >= 4 is 22.4 Å². The molecule has 0 radical (unpaired) electrons. The molecule has 0 saturated carbocycles. The highest BCUT2D eigenvalue weighted by Crippen LogP contribution is 2.31. The Labute approximate surface area is 131 Å². The number of halogens is 1. The summed E-state index contributed by atoms with van der Waals surface area (Å²) in [5, 5.41) is 3.18. The Morgan fingerprint density at radius 3 is 2.57 bits per heavy atom. The molecule has 1 heterocycles. The van der Waals surface area contributed by atoms with E-state index in [4.69, 9.17) is 9.47 Å². The Kier molecular flexibility index (Phi) is 6.27. The molecule has 0 spiro atoms. The van der Waals surface area contributed by atoms with Crippen molar-refractivity contribution in [3.63, 3.8) is 0 Å². The van der Waals surface area contributed by atoms with Crippen molar-refractivity contribution in [2.45, 2.75) is 17.9 Å². The van der Waals surface area contributed by atoms with Crippen LogP contribution in [0.3, 0.4) is 0 Å². The lowest BCUT2D eigenvalue weighted by Crippen LogP contribution is -2.52. The lowest BCUT2D eigenvalue weighted by molar-refractivity contribution is 0.282. The van der Waals surface area contributed by atoms with Crippen molar-refractivity contribution in [3.8, 4) is 11.5 Å². The first-order chi connectivity index (χ1) is 9.50. The van der Waals surface area contributed by atoms with Gasteiger partial charge in [0.25, 0.3) is 0 Å². The van der Waals surface area contributed by atoms with E-state index < -0.39 is 10.0 Å². The molecule has 6 nitrogen and oxygen atoms in total. The number of ether oxygens (including phenoxy) is 2. The smallest absolute Gasteiger partial charge is 0.247 e. The number of hydrogen-bond donors (Lipinski definition) is 1. The van der Waals surface area contributed by atoms with E-state index in [-0.39, 0.29) is 23.3 Å². The minimum atomic E-state index is -3.60. The van der Waals surface area contributed by atoms with Gasteiger partial charge in [-0.3, -0.25) is 0 Å². The van der Waals surface area contributed by atoms with Crippen LogP contribution in [-0.2, 0) is 10.0 Å². The summed E-state index contributed by atoms with van der Waals surface area (Å²) >= 11 is 0. The van der Waals surface area contributed by atoms with Gasteiger partial charge in [0, 0.05) is 31.7 Å². The Morgan fingerprint density at radius 2 is 2.00 bits per heavy atom. The van der Waals surface area contributed by atoms with Crippen molar-refractivity contribution in [1.29, 1.82) is 0 Å². The minimum absolute atomic E-state index is 0. The molecule has 21 heavy (non-hydrogen) atoms. The summed E-state index contributed by atoms with van der Waals surface area (Å²) in [6.45, 7) is 3.63. The van der Waals surface area contributed by atoms with Crippen LogP contribution in [0.25, 0.3) is 0 Å². The van der Waals surface area contributed by atoms with Gasteiger partial charge in [0.05, 0.1) is 14.2 Å². The normalized spacial score (nSPS) is 19.7. The van der Waals surface area contributed by atoms with E-state index in [0.29, 0.717) is 31.1 Å². The molecule has 1 aliphatic rings. The Morgan fingerprint density at radius 1 is 1.29 bits per heavy atom. The largest absolute Gasteiger partial charge is 0.497 e. The molecule has 0 bridgehead atoms. The van der Waals surface area contributed by atoms with E-state index in [1.807, 2.05) is 6.92 Å². The van der Waals surface area contributed by atoms with Crippen LogP contribution in [0, 0.1) is 0 Å². The number of methoxy groups -OCH3 is 2. The topological polar surface area (TPSA) is 67.9 Å². The molecule has 2 rings (SSSR count). The zero-order chi connectivity index (χ0) is 14.8. The molecule has 0 aromatic heterocycles. The van der Waals surface area contributed by atoms with E-state index in [1.165, 1.54) is 24.6 Å². The maximum atomic E-state index is 12.8. The summed E-state index contributed by atoms with van der Waals surface area (Å²) in [6, 6.07) is 4.70. The molecule has 1 unspecified atom stereocenters. The zero-order valence-corrected chi connectivity index (χ0v) is 14.0. The number of sulfonamides is 1. The molecule has 1 aromatic carbocycles. The molecular weight excluding hydrogens is 316 g/mol. The van der Waals surface area contributed by atoms with Gasteiger partial charge in [-0.1, -0.05) is 0 Å². The van der Waals surface area contributed by atoms with Gasteiger partial charge in [-0.2, -0.15) is 4.31 Å². The van der Waals surface area contributed by atoms with E-state index >= 15 is 0 Å². The van der Waals surface area contributed by atoms with Gasteiger partial charge in [-0.15, -0.1) is 12.4 Å². The van der Waals surface area contributed by atoms with Gasteiger partial charge in [-0.05, 0) is 19.1 Å². The third-order valence-corrected chi connectivity index (χ3v) is 5.43. The molecule has 1 saturated heterocycles. The molecular formula is C13H21ClN2O4S. The van der Waals surface area contributed by atoms with Gasteiger partial charge in [-0.25, -0.2) is 8.42 Å². The first kappa shape index (κ1) is 18.0. The predicted molar refractivity (Wildman–Crippen MR) is 83.0 cm³/mol. The van der Waals surface area contributed by atoms with Crippen LogP contribution in [0.5, 0.6) is 11.5 Å². The van der Waals surface area contributed by atoms with Crippen LogP contribution in [0.4, 0.5) is 0 Å². The van der Waals surface area contributed by atoms with E-state index in [0.717, 1.165) is 0 Å². The Hall–Kier alpha value is -1.02. The molecule has 1 aliphatic heterocycles. The molecule has 0 amide bonds. The number of nitrogens with zero attached hydrogens (tertiary/aromatic N) is 1. The molecule has 1 fully saturated rings. The van der Waals surface area contributed by atoms with Crippen LogP contribution in [0.15, 0.2) is 23.1 Å².